The Labute approximate surface area is 192 Å². The van der Waals surface area contributed by atoms with Crippen molar-refractivity contribution in [3.05, 3.63) is 83.9 Å². The molecule has 0 unspecified atom stereocenters. The fraction of sp³-hybridized carbons (Fsp3) is 0.240. The van der Waals surface area contributed by atoms with Gasteiger partial charge in [-0.2, -0.15) is 0 Å². The first-order valence-electron chi connectivity index (χ1n) is 10.9. The van der Waals surface area contributed by atoms with E-state index >= 15 is 0 Å². The fourth-order valence-electron chi connectivity index (χ4n) is 4.19. The molecule has 8 heteroatoms. The average molecular weight is 465 g/mol. The normalized spacial score (nSPS) is 16.4. The number of benzene rings is 3. The smallest absolute Gasteiger partial charge is 0.262 e. The van der Waals surface area contributed by atoms with Crippen molar-refractivity contribution in [2.24, 2.45) is 0 Å². The highest BCUT2D eigenvalue weighted by Gasteiger charge is 2.40. The number of carbonyl (C=O) groups is 1. The van der Waals surface area contributed by atoms with Crippen molar-refractivity contribution < 1.29 is 22.7 Å². The molecule has 1 aliphatic heterocycles. The number of rotatable bonds is 6. The van der Waals surface area contributed by atoms with Crippen LogP contribution in [0.5, 0.6) is 11.5 Å². The Kier molecular flexibility index (Phi) is 5.46. The molecule has 0 aromatic heterocycles. The maximum Gasteiger partial charge on any atom is 0.262 e. The Morgan fingerprint density at radius 3 is 2.33 bits per heavy atom. The van der Waals surface area contributed by atoms with Crippen LogP contribution < -0.4 is 19.5 Å². The van der Waals surface area contributed by atoms with E-state index in [9.17, 15) is 13.2 Å². The van der Waals surface area contributed by atoms with Gasteiger partial charge in [0, 0.05) is 17.3 Å². The van der Waals surface area contributed by atoms with Crippen molar-refractivity contribution in [2.75, 3.05) is 17.9 Å². The van der Waals surface area contributed by atoms with Gasteiger partial charge in [0.15, 0.2) is 11.5 Å². The third-order valence-corrected chi connectivity index (χ3v) is 7.47. The summed E-state index contributed by atoms with van der Waals surface area (Å²) >= 11 is 0. The van der Waals surface area contributed by atoms with Crippen molar-refractivity contribution in [1.82, 2.24) is 5.32 Å². The van der Waals surface area contributed by atoms with E-state index in [1.165, 1.54) is 12.1 Å². The van der Waals surface area contributed by atoms with E-state index in [0.717, 1.165) is 24.8 Å². The van der Waals surface area contributed by atoms with Crippen LogP contribution in [0.2, 0.25) is 0 Å². The largest absolute Gasteiger partial charge is 0.486 e. The monoisotopic (exact) mass is 464 g/mol. The van der Waals surface area contributed by atoms with E-state index in [1.54, 1.807) is 30.3 Å². The van der Waals surface area contributed by atoms with Gasteiger partial charge >= 0.3 is 0 Å². The standard InChI is InChI=1S/C25H24N2O5S/c28-24(26-25(12-5-13-25)19-7-2-1-3-8-19)18-6-4-9-20(16-18)27-33(29,30)21-10-11-22-23(17-21)32-15-14-31-22/h1-4,6-11,16-17,27H,5,12-15H2,(H,26,28). The van der Waals surface area contributed by atoms with E-state index in [0.29, 0.717) is 36.0 Å². The lowest BCUT2D eigenvalue weighted by molar-refractivity contribution is 0.0823. The molecular weight excluding hydrogens is 440 g/mol. The van der Waals surface area contributed by atoms with Crippen LogP contribution in [0.15, 0.2) is 77.7 Å². The number of ether oxygens (including phenoxy) is 2. The summed E-state index contributed by atoms with van der Waals surface area (Å²) in [5.74, 6) is 0.671. The molecule has 1 fully saturated rings. The number of anilines is 1. The molecule has 0 bridgehead atoms. The predicted molar refractivity (Wildman–Crippen MR) is 124 cm³/mol. The molecule has 1 heterocycles. The molecule has 33 heavy (non-hydrogen) atoms. The van der Waals surface area contributed by atoms with E-state index in [1.807, 2.05) is 30.3 Å². The lowest BCUT2D eigenvalue weighted by Gasteiger charge is -2.43. The summed E-state index contributed by atoms with van der Waals surface area (Å²) in [5.41, 5.74) is 1.40. The lowest BCUT2D eigenvalue weighted by Crippen LogP contribution is -2.50. The van der Waals surface area contributed by atoms with Crippen LogP contribution in [0.1, 0.15) is 35.2 Å². The topological polar surface area (TPSA) is 93.7 Å². The summed E-state index contributed by atoms with van der Waals surface area (Å²) < 4.78 is 39.4. The highest BCUT2D eigenvalue weighted by atomic mass is 32.2. The maximum absolute atomic E-state index is 13.1. The predicted octanol–water partition coefficient (Wildman–Crippen LogP) is 4.07. The highest BCUT2D eigenvalue weighted by Crippen LogP contribution is 2.41. The lowest BCUT2D eigenvalue weighted by atomic mass is 9.71. The van der Waals surface area contributed by atoms with E-state index in [2.05, 4.69) is 10.0 Å². The van der Waals surface area contributed by atoms with Gasteiger partial charge in [0.1, 0.15) is 13.2 Å². The van der Waals surface area contributed by atoms with Crippen molar-refractivity contribution in [1.29, 1.82) is 0 Å². The van der Waals surface area contributed by atoms with Gasteiger partial charge in [0.2, 0.25) is 0 Å². The van der Waals surface area contributed by atoms with Gasteiger partial charge in [-0.1, -0.05) is 36.4 Å². The van der Waals surface area contributed by atoms with Gasteiger partial charge in [-0.3, -0.25) is 9.52 Å². The number of sulfonamides is 1. The summed E-state index contributed by atoms with van der Waals surface area (Å²) in [4.78, 5) is 13.1. The third-order valence-electron chi connectivity index (χ3n) is 6.09. The van der Waals surface area contributed by atoms with Crippen molar-refractivity contribution >= 4 is 21.6 Å². The summed E-state index contributed by atoms with van der Waals surface area (Å²) in [6.45, 7) is 0.795. The zero-order valence-corrected chi connectivity index (χ0v) is 18.7. The third kappa shape index (κ3) is 4.26. The van der Waals surface area contributed by atoms with E-state index in [4.69, 9.17) is 9.47 Å². The van der Waals surface area contributed by atoms with Crippen molar-refractivity contribution in [2.45, 2.75) is 29.7 Å². The molecule has 2 aliphatic rings. The molecule has 3 aromatic carbocycles. The van der Waals surface area contributed by atoms with Crippen LogP contribution in [0.3, 0.4) is 0 Å². The zero-order chi connectivity index (χ0) is 22.9. The highest BCUT2D eigenvalue weighted by molar-refractivity contribution is 7.92. The molecule has 1 aliphatic carbocycles. The molecule has 0 radical (unpaired) electrons. The first-order valence-corrected chi connectivity index (χ1v) is 12.3. The number of amides is 1. The van der Waals surface area contributed by atoms with Gasteiger partial charge in [0.25, 0.3) is 15.9 Å². The number of fused-ring (bicyclic) bond motifs is 1. The molecule has 0 spiro atoms. The molecule has 0 atom stereocenters. The molecule has 7 nitrogen and oxygen atoms in total. The molecule has 3 aromatic rings. The van der Waals surface area contributed by atoms with Crippen LogP contribution in [-0.2, 0) is 15.6 Å². The Balaban J connectivity index is 1.34. The molecule has 1 saturated carbocycles. The average Bonchev–Trinajstić information content (AvgIpc) is 2.81. The maximum atomic E-state index is 13.1. The number of hydrogen-bond acceptors (Lipinski definition) is 5. The first kappa shape index (κ1) is 21.3. The van der Waals surface area contributed by atoms with Gasteiger partial charge < -0.3 is 14.8 Å². The molecular formula is C25H24N2O5S. The summed E-state index contributed by atoms with van der Waals surface area (Å²) in [6.07, 6.45) is 2.79. The van der Waals surface area contributed by atoms with Crippen LogP contribution in [0, 0.1) is 0 Å². The summed E-state index contributed by atoms with van der Waals surface area (Å²) in [7, 11) is -3.88. The Hall–Kier alpha value is -3.52. The Morgan fingerprint density at radius 2 is 1.61 bits per heavy atom. The number of carbonyl (C=O) groups excluding carboxylic acids is 1. The SMILES string of the molecule is O=C(NC1(c2ccccc2)CCC1)c1cccc(NS(=O)(=O)c2ccc3c(c2)OCCO3)c1. The molecule has 2 N–H and O–H groups in total. The minimum atomic E-state index is -3.88. The second kappa shape index (κ2) is 8.44. The summed E-state index contributed by atoms with van der Waals surface area (Å²) in [6, 6.07) is 20.9. The molecule has 1 amide bonds. The van der Waals surface area contributed by atoms with Crippen LogP contribution >= 0.6 is 0 Å². The van der Waals surface area contributed by atoms with Gasteiger partial charge in [0.05, 0.1) is 10.4 Å². The minimum absolute atomic E-state index is 0.0547. The Bertz CT molecular complexity index is 1290. The van der Waals surface area contributed by atoms with Crippen LogP contribution in [0.4, 0.5) is 5.69 Å². The first-order chi connectivity index (χ1) is 16.0. The van der Waals surface area contributed by atoms with Crippen molar-refractivity contribution in [3.8, 4) is 11.5 Å². The minimum Gasteiger partial charge on any atom is -0.486 e. The summed E-state index contributed by atoms with van der Waals surface area (Å²) in [5, 5.41) is 3.17. The molecule has 5 rings (SSSR count). The van der Waals surface area contributed by atoms with Crippen LogP contribution in [-0.4, -0.2) is 27.5 Å². The molecule has 170 valence electrons. The second-order valence-corrected chi connectivity index (χ2v) is 9.93. The van der Waals surface area contributed by atoms with Gasteiger partial charge in [-0.15, -0.1) is 0 Å². The molecule has 0 saturated heterocycles. The number of hydrogen-bond donors (Lipinski definition) is 2. The fourth-order valence-corrected chi connectivity index (χ4v) is 5.26. The van der Waals surface area contributed by atoms with E-state index < -0.39 is 10.0 Å². The van der Waals surface area contributed by atoms with Gasteiger partial charge in [-0.05, 0) is 55.2 Å². The van der Waals surface area contributed by atoms with Crippen LogP contribution in [0.25, 0.3) is 0 Å². The van der Waals surface area contributed by atoms with E-state index in [-0.39, 0.29) is 16.3 Å². The second-order valence-electron chi connectivity index (χ2n) is 8.25. The van der Waals surface area contributed by atoms with Gasteiger partial charge in [-0.25, -0.2) is 8.42 Å². The zero-order valence-electron chi connectivity index (χ0n) is 17.9. The quantitative estimate of drug-likeness (QED) is 0.574. The number of nitrogens with one attached hydrogen (secondary N) is 2. The Morgan fingerprint density at radius 1 is 0.848 bits per heavy atom. The van der Waals surface area contributed by atoms with Crippen molar-refractivity contribution in [3.63, 3.8) is 0 Å².